The van der Waals surface area contributed by atoms with E-state index in [4.69, 9.17) is 13.9 Å². The maximum absolute atomic E-state index is 6.25. The second-order valence-corrected chi connectivity index (χ2v) is 12.0. The Morgan fingerprint density at radius 3 is 2.41 bits per heavy atom. The van der Waals surface area contributed by atoms with E-state index in [1.165, 1.54) is 44.1 Å². The summed E-state index contributed by atoms with van der Waals surface area (Å²) in [4.78, 5) is 0. The van der Waals surface area contributed by atoms with Crippen LogP contribution in [0.3, 0.4) is 0 Å². The maximum atomic E-state index is 6.25. The highest BCUT2D eigenvalue weighted by molar-refractivity contribution is 6.71. The van der Waals surface area contributed by atoms with Crippen LogP contribution in [0, 0.1) is 0 Å². The molecular formula is C16H37NO3Si2. The molecule has 1 saturated heterocycles. The number of hydrogen-bond donors (Lipinski definition) is 0. The van der Waals surface area contributed by atoms with Gasteiger partial charge in [-0.3, -0.25) is 0 Å². The Hall–Kier alpha value is 0.274. The van der Waals surface area contributed by atoms with Crippen LogP contribution < -0.4 is 0 Å². The highest BCUT2D eigenvalue weighted by Crippen LogP contribution is 2.30. The molecule has 0 radical (unpaired) electrons. The predicted molar refractivity (Wildman–Crippen MR) is 98.7 cm³/mol. The minimum atomic E-state index is -1.54. The smallest absolute Gasteiger partial charge is 0.271 e. The fourth-order valence-corrected chi connectivity index (χ4v) is 9.09. The van der Waals surface area contributed by atoms with Crippen molar-refractivity contribution in [2.45, 2.75) is 71.0 Å². The second kappa shape index (κ2) is 11.8. The van der Waals surface area contributed by atoms with Gasteiger partial charge in [0.1, 0.15) is 0 Å². The van der Waals surface area contributed by atoms with E-state index in [2.05, 4.69) is 18.4 Å². The van der Waals surface area contributed by atoms with Gasteiger partial charge in [-0.1, -0.05) is 13.0 Å². The minimum absolute atomic E-state index is 0.0565. The molecule has 1 aliphatic heterocycles. The van der Waals surface area contributed by atoms with Gasteiger partial charge in [-0.25, -0.2) is 0 Å². The van der Waals surface area contributed by atoms with Crippen LogP contribution in [0.2, 0.25) is 24.2 Å². The standard InChI is InChI=1S/C16H37NO3Si2/c1-5-18-16(19-6-2)15-21-13-9-11-17-12-10-14-22(17,8-4)20-7-3/h16H,5-15,21H2,1-4H3. The van der Waals surface area contributed by atoms with Gasteiger partial charge in [-0.15, -0.1) is 0 Å². The van der Waals surface area contributed by atoms with Crippen LogP contribution in [0.5, 0.6) is 0 Å². The van der Waals surface area contributed by atoms with E-state index in [0.717, 1.165) is 25.9 Å². The van der Waals surface area contributed by atoms with E-state index in [1.807, 2.05) is 13.8 Å². The zero-order chi connectivity index (χ0) is 16.3. The summed E-state index contributed by atoms with van der Waals surface area (Å²) in [5.41, 5.74) is 0. The Bertz CT molecular complexity index is 278. The molecule has 1 fully saturated rings. The van der Waals surface area contributed by atoms with Gasteiger partial charge in [0.2, 0.25) is 0 Å². The Morgan fingerprint density at radius 1 is 1.09 bits per heavy atom. The SMILES string of the molecule is CCOC(C[SiH2]CCCN1CCC[Si]1(CC)OCC)OCC. The first-order valence-corrected chi connectivity index (χ1v) is 13.6. The summed E-state index contributed by atoms with van der Waals surface area (Å²) in [5, 5.41) is 0. The lowest BCUT2D eigenvalue weighted by atomic mass is 10.4. The molecule has 0 bridgehead atoms. The largest absolute Gasteiger partial charge is 0.403 e. The number of nitrogens with zero attached hydrogens (tertiary/aromatic N) is 1. The predicted octanol–water partition coefficient (Wildman–Crippen LogP) is 2.99. The first-order valence-electron chi connectivity index (χ1n) is 9.34. The van der Waals surface area contributed by atoms with E-state index in [0.29, 0.717) is 0 Å². The zero-order valence-corrected chi connectivity index (χ0v) is 17.6. The monoisotopic (exact) mass is 347 g/mol. The third-order valence-electron chi connectivity index (χ3n) is 4.61. The van der Waals surface area contributed by atoms with Crippen molar-refractivity contribution in [3.05, 3.63) is 0 Å². The molecule has 0 aliphatic carbocycles. The van der Waals surface area contributed by atoms with Crippen molar-refractivity contribution in [2.75, 3.05) is 32.9 Å². The van der Waals surface area contributed by atoms with Crippen molar-refractivity contribution in [2.24, 2.45) is 0 Å². The zero-order valence-electron chi connectivity index (χ0n) is 15.2. The molecule has 1 rings (SSSR count). The molecule has 0 saturated carbocycles. The average molecular weight is 348 g/mol. The molecule has 4 nitrogen and oxygen atoms in total. The Labute approximate surface area is 140 Å². The van der Waals surface area contributed by atoms with Crippen LogP contribution >= 0.6 is 0 Å². The van der Waals surface area contributed by atoms with Crippen molar-refractivity contribution in [3.8, 4) is 0 Å². The number of rotatable bonds is 13. The van der Waals surface area contributed by atoms with E-state index in [-0.39, 0.29) is 15.8 Å². The number of hydrogen-bond acceptors (Lipinski definition) is 4. The Kier molecular flexibility index (Phi) is 10.9. The first kappa shape index (κ1) is 20.3. The van der Waals surface area contributed by atoms with Gasteiger partial charge >= 0.3 is 0 Å². The minimum Gasteiger partial charge on any atom is -0.403 e. The Balaban J connectivity index is 2.23. The third-order valence-corrected chi connectivity index (χ3v) is 11.2. The lowest BCUT2D eigenvalue weighted by molar-refractivity contribution is -0.123. The summed E-state index contributed by atoms with van der Waals surface area (Å²) in [6.07, 6.45) is 2.73. The van der Waals surface area contributed by atoms with Crippen LogP contribution in [0.25, 0.3) is 0 Å². The maximum Gasteiger partial charge on any atom is 0.271 e. The van der Waals surface area contributed by atoms with Crippen molar-refractivity contribution >= 4 is 18.0 Å². The molecule has 6 heteroatoms. The van der Waals surface area contributed by atoms with E-state index in [1.54, 1.807) is 0 Å². The van der Waals surface area contributed by atoms with Gasteiger partial charge in [-0.05, 0) is 64.8 Å². The van der Waals surface area contributed by atoms with Gasteiger partial charge in [0.15, 0.2) is 6.29 Å². The van der Waals surface area contributed by atoms with E-state index < -0.39 is 8.48 Å². The molecule has 0 aromatic rings. The van der Waals surface area contributed by atoms with Crippen molar-refractivity contribution in [1.82, 2.24) is 4.57 Å². The first-order chi connectivity index (χ1) is 10.7. The van der Waals surface area contributed by atoms with Crippen LogP contribution in [0.1, 0.15) is 40.5 Å². The van der Waals surface area contributed by atoms with Crippen LogP contribution in [0.15, 0.2) is 0 Å². The molecule has 0 N–H and O–H groups in total. The molecule has 1 aliphatic rings. The summed E-state index contributed by atoms with van der Waals surface area (Å²) < 4.78 is 20.2. The molecule has 1 heterocycles. The van der Waals surface area contributed by atoms with Gasteiger partial charge in [-0.2, -0.15) is 0 Å². The molecule has 1 unspecified atom stereocenters. The average Bonchev–Trinajstić information content (AvgIpc) is 2.91. The lowest BCUT2D eigenvalue weighted by Crippen LogP contribution is -2.51. The van der Waals surface area contributed by atoms with Gasteiger partial charge < -0.3 is 18.5 Å². The molecule has 0 aromatic carbocycles. The lowest BCUT2D eigenvalue weighted by Gasteiger charge is -2.34. The molecule has 1 atom stereocenters. The van der Waals surface area contributed by atoms with Crippen LogP contribution in [-0.4, -0.2) is 61.8 Å². The van der Waals surface area contributed by atoms with Crippen LogP contribution in [0.4, 0.5) is 0 Å². The normalized spacial score (nSPS) is 23.3. The van der Waals surface area contributed by atoms with E-state index >= 15 is 0 Å². The number of ether oxygens (including phenoxy) is 2. The molecule has 22 heavy (non-hydrogen) atoms. The van der Waals surface area contributed by atoms with Crippen molar-refractivity contribution < 1.29 is 13.9 Å². The third kappa shape index (κ3) is 6.41. The topological polar surface area (TPSA) is 30.9 Å². The van der Waals surface area contributed by atoms with E-state index in [9.17, 15) is 0 Å². The van der Waals surface area contributed by atoms with Crippen molar-refractivity contribution in [1.29, 1.82) is 0 Å². The summed E-state index contributed by atoms with van der Waals surface area (Å²) in [6.45, 7) is 13.5. The van der Waals surface area contributed by atoms with Gasteiger partial charge in [0.25, 0.3) is 8.48 Å². The fourth-order valence-electron chi connectivity index (χ4n) is 3.54. The highest BCUT2D eigenvalue weighted by Gasteiger charge is 2.43. The van der Waals surface area contributed by atoms with Gasteiger partial charge in [0.05, 0.1) is 0 Å². The fraction of sp³-hybridized carbons (Fsp3) is 1.00. The summed E-state index contributed by atoms with van der Waals surface area (Å²) >= 11 is 0. The van der Waals surface area contributed by atoms with Gasteiger partial charge in [0, 0.05) is 29.3 Å². The highest BCUT2D eigenvalue weighted by atomic mass is 28.4. The molecule has 0 amide bonds. The van der Waals surface area contributed by atoms with Crippen LogP contribution in [-0.2, 0) is 13.9 Å². The Morgan fingerprint density at radius 2 is 1.82 bits per heavy atom. The molecule has 0 aromatic heterocycles. The second-order valence-electron chi connectivity index (χ2n) is 6.01. The van der Waals surface area contributed by atoms with Crippen molar-refractivity contribution in [3.63, 3.8) is 0 Å². The molecule has 0 spiro atoms. The summed E-state index contributed by atoms with van der Waals surface area (Å²) in [7, 11) is -1.61. The quantitative estimate of drug-likeness (QED) is 0.291. The summed E-state index contributed by atoms with van der Waals surface area (Å²) in [6, 6.07) is 5.14. The summed E-state index contributed by atoms with van der Waals surface area (Å²) in [5.74, 6) is 0. The molecule has 132 valence electrons. The molecular weight excluding hydrogens is 310 g/mol.